The smallest absolute Gasteiger partial charge is 0.0667 e. The van der Waals surface area contributed by atoms with Crippen LogP contribution >= 0.6 is 0 Å². The lowest BCUT2D eigenvalue weighted by atomic mass is 9.89. The van der Waals surface area contributed by atoms with Gasteiger partial charge >= 0.3 is 0 Å². The molecule has 0 aromatic carbocycles. The van der Waals surface area contributed by atoms with Gasteiger partial charge in [0.1, 0.15) is 0 Å². The number of likely N-dealkylation sites (N-methyl/N-ethyl adjacent to an activating group) is 1. The Bertz CT molecular complexity index is 550. The molecule has 18 heavy (non-hydrogen) atoms. The van der Waals surface area contributed by atoms with Crippen molar-refractivity contribution in [2.24, 2.45) is 5.73 Å². The van der Waals surface area contributed by atoms with E-state index in [1.165, 1.54) is 11.1 Å². The SMILES string of the molecule is Cc1cc2cc(C3CC(N)CN(C)C3)ccn2n1. The molecule has 0 bridgehead atoms. The van der Waals surface area contributed by atoms with Crippen molar-refractivity contribution in [3.63, 3.8) is 0 Å². The number of rotatable bonds is 1. The summed E-state index contributed by atoms with van der Waals surface area (Å²) in [6, 6.07) is 6.83. The molecule has 0 amide bonds. The quantitative estimate of drug-likeness (QED) is 0.824. The maximum atomic E-state index is 6.11. The Kier molecular flexibility index (Phi) is 2.84. The van der Waals surface area contributed by atoms with Crippen LogP contribution in [0, 0.1) is 6.92 Å². The van der Waals surface area contributed by atoms with E-state index in [2.05, 4.69) is 41.4 Å². The minimum atomic E-state index is 0.289. The van der Waals surface area contributed by atoms with Crippen molar-refractivity contribution < 1.29 is 0 Å². The summed E-state index contributed by atoms with van der Waals surface area (Å²) in [6.07, 6.45) is 3.13. The summed E-state index contributed by atoms with van der Waals surface area (Å²) in [7, 11) is 2.15. The third-order valence-electron chi connectivity index (χ3n) is 3.75. The van der Waals surface area contributed by atoms with Crippen molar-refractivity contribution in [3.05, 3.63) is 35.7 Å². The first kappa shape index (κ1) is 11.7. The van der Waals surface area contributed by atoms with Gasteiger partial charge in [0.15, 0.2) is 0 Å². The van der Waals surface area contributed by atoms with Crippen molar-refractivity contribution in [1.82, 2.24) is 14.5 Å². The molecule has 96 valence electrons. The Morgan fingerprint density at radius 1 is 1.33 bits per heavy atom. The Balaban J connectivity index is 1.93. The van der Waals surface area contributed by atoms with Gasteiger partial charge in [-0.05, 0) is 50.1 Å². The van der Waals surface area contributed by atoms with Crippen molar-refractivity contribution in [1.29, 1.82) is 0 Å². The summed E-state index contributed by atoms with van der Waals surface area (Å²) in [5.74, 6) is 0.541. The van der Waals surface area contributed by atoms with Crippen molar-refractivity contribution in [2.45, 2.75) is 25.3 Å². The summed E-state index contributed by atoms with van der Waals surface area (Å²) < 4.78 is 1.94. The van der Waals surface area contributed by atoms with Gasteiger partial charge in [-0.1, -0.05) is 0 Å². The minimum Gasteiger partial charge on any atom is -0.327 e. The second kappa shape index (κ2) is 4.37. The Hall–Kier alpha value is -1.39. The zero-order valence-electron chi connectivity index (χ0n) is 11.0. The predicted octanol–water partition coefficient (Wildman–Crippen LogP) is 1.39. The van der Waals surface area contributed by atoms with E-state index in [4.69, 9.17) is 5.73 Å². The molecule has 2 unspecified atom stereocenters. The average molecular weight is 244 g/mol. The third-order valence-corrected chi connectivity index (χ3v) is 3.75. The summed E-state index contributed by atoms with van der Waals surface area (Å²) in [5, 5.41) is 4.41. The molecule has 2 N–H and O–H groups in total. The normalized spacial score (nSPS) is 25.7. The number of nitrogens with two attached hydrogens (primary N) is 1. The molecule has 0 saturated carbocycles. The molecular weight excluding hydrogens is 224 g/mol. The molecular formula is C14H20N4. The van der Waals surface area contributed by atoms with E-state index in [1.54, 1.807) is 0 Å². The van der Waals surface area contributed by atoms with Crippen LogP contribution < -0.4 is 5.73 Å². The van der Waals surface area contributed by atoms with E-state index >= 15 is 0 Å². The molecule has 0 radical (unpaired) electrons. The third kappa shape index (κ3) is 2.13. The number of piperidine rings is 1. The number of nitrogens with zero attached hydrogens (tertiary/aromatic N) is 3. The summed E-state index contributed by atoms with van der Waals surface area (Å²) >= 11 is 0. The summed E-state index contributed by atoms with van der Waals surface area (Å²) in [5.41, 5.74) is 9.72. The first-order chi connectivity index (χ1) is 8.61. The Morgan fingerprint density at radius 3 is 2.94 bits per heavy atom. The molecule has 3 heterocycles. The van der Waals surface area contributed by atoms with Crippen molar-refractivity contribution >= 4 is 5.52 Å². The van der Waals surface area contributed by atoms with E-state index in [1.807, 2.05) is 11.4 Å². The fourth-order valence-electron chi connectivity index (χ4n) is 3.00. The van der Waals surface area contributed by atoms with Crippen LogP contribution in [-0.2, 0) is 0 Å². The molecule has 2 aromatic heterocycles. The number of aromatic nitrogens is 2. The molecule has 0 spiro atoms. The standard InChI is InChI=1S/C14H20N4/c1-10-5-14-7-11(3-4-18(14)16-10)12-6-13(15)9-17(2)8-12/h3-5,7,12-13H,6,8-9,15H2,1-2H3. The van der Waals surface area contributed by atoms with Crippen LogP contribution in [0.4, 0.5) is 0 Å². The maximum absolute atomic E-state index is 6.11. The lowest BCUT2D eigenvalue weighted by Gasteiger charge is -2.34. The fourth-order valence-corrected chi connectivity index (χ4v) is 3.00. The van der Waals surface area contributed by atoms with Gasteiger partial charge in [-0.2, -0.15) is 5.10 Å². The second-order valence-electron chi connectivity index (χ2n) is 5.53. The lowest BCUT2D eigenvalue weighted by molar-refractivity contribution is 0.227. The van der Waals surface area contributed by atoms with Crippen LogP contribution in [0.25, 0.3) is 5.52 Å². The second-order valence-corrected chi connectivity index (χ2v) is 5.53. The van der Waals surface area contributed by atoms with Crippen molar-refractivity contribution in [3.8, 4) is 0 Å². The van der Waals surface area contributed by atoms with Crippen LogP contribution in [-0.4, -0.2) is 40.7 Å². The highest BCUT2D eigenvalue weighted by atomic mass is 15.2. The molecule has 2 aromatic rings. The average Bonchev–Trinajstić information content (AvgIpc) is 2.66. The monoisotopic (exact) mass is 244 g/mol. The molecule has 4 heteroatoms. The number of likely N-dealkylation sites (tertiary alicyclic amines) is 1. The molecule has 1 aliphatic rings. The highest BCUT2D eigenvalue weighted by Crippen LogP contribution is 2.26. The van der Waals surface area contributed by atoms with Gasteiger partial charge in [-0.3, -0.25) is 0 Å². The van der Waals surface area contributed by atoms with Gasteiger partial charge in [0.2, 0.25) is 0 Å². The minimum absolute atomic E-state index is 0.289. The first-order valence-electron chi connectivity index (χ1n) is 6.52. The molecule has 4 nitrogen and oxygen atoms in total. The zero-order chi connectivity index (χ0) is 12.7. The summed E-state index contributed by atoms with van der Waals surface area (Å²) in [4.78, 5) is 2.32. The molecule has 0 aliphatic carbocycles. The predicted molar refractivity (Wildman–Crippen MR) is 72.8 cm³/mol. The van der Waals surface area contributed by atoms with Gasteiger partial charge in [0, 0.05) is 25.3 Å². The number of aryl methyl sites for hydroxylation is 1. The summed E-state index contributed by atoms with van der Waals surface area (Å²) in [6.45, 7) is 4.12. The fraction of sp³-hybridized carbons (Fsp3) is 0.500. The maximum Gasteiger partial charge on any atom is 0.0667 e. The number of pyridine rings is 1. The molecule has 1 aliphatic heterocycles. The van der Waals surface area contributed by atoms with Gasteiger partial charge in [0.25, 0.3) is 0 Å². The van der Waals surface area contributed by atoms with Crippen LogP contribution in [0.3, 0.4) is 0 Å². The molecule has 3 rings (SSSR count). The number of fused-ring (bicyclic) bond motifs is 1. The van der Waals surface area contributed by atoms with E-state index in [0.717, 1.165) is 25.2 Å². The number of hydrogen-bond acceptors (Lipinski definition) is 3. The van der Waals surface area contributed by atoms with Gasteiger partial charge < -0.3 is 10.6 Å². The molecule has 1 saturated heterocycles. The van der Waals surface area contributed by atoms with E-state index in [-0.39, 0.29) is 6.04 Å². The van der Waals surface area contributed by atoms with Crippen LogP contribution in [0.1, 0.15) is 23.6 Å². The van der Waals surface area contributed by atoms with Gasteiger partial charge in [-0.15, -0.1) is 0 Å². The highest BCUT2D eigenvalue weighted by Gasteiger charge is 2.24. The molecule has 1 fully saturated rings. The van der Waals surface area contributed by atoms with E-state index < -0.39 is 0 Å². The topological polar surface area (TPSA) is 46.6 Å². The highest BCUT2D eigenvalue weighted by molar-refractivity contribution is 5.50. The van der Waals surface area contributed by atoms with E-state index in [9.17, 15) is 0 Å². The largest absolute Gasteiger partial charge is 0.327 e. The Morgan fingerprint density at radius 2 is 2.17 bits per heavy atom. The molecule has 2 atom stereocenters. The van der Waals surface area contributed by atoms with Crippen LogP contribution in [0.15, 0.2) is 24.4 Å². The van der Waals surface area contributed by atoms with Gasteiger partial charge in [0.05, 0.1) is 11.2 Å². The van der Waals surface area contributed by atoms with Crippen LogP contribution in [0.2, 0.25) is 0 Å². The van der Waals surface area contributed by atoms with E-state index in [0.29, 0.717) is 5.92 Å². The zero-order valence-corrected chi connectivity index (χ0v) is 11.0. The van der Waals surface area contributed by atoms with Gasteiger partial charge in [-0.25, -0.2) is 4.52 Å². The lowest BCUT2D eigenvalue weighted by Crippen LogP contribution is -2.44. The number of hydrogen-bond donors (Lipinski definition) is 1. The Labute approximate surface area is 107 Å². The van der Waals surface area contributed by atoms with Crippen LogP contribution in [0.5, 0.6) is 0 Å². The van der Waals surface area contributed by atoms with Crippen molar-refractivity contribution in [2.75, 3.05) is 20.1 Å². The first-order valence-corrected chi connectivity index (χ1v) is 6.52.